The molecule has 1 fully saturated rings. The Balaban J connectivity index is 1.67. The molecule has 2 heterocycles. The summed E-state index contributed by atoms with van der Waals surface area (Å²) < 4.78 is 33.0. The van der Waals surface area contributed by atoms with Gasteiger partial charge in [0.1, 0.15) is 5.82 Å². The topological polar surface area (TPSA) is 79.8 Å². The lowest BCUT2D eigenvalue weighted by Gasteiger charge is -2.34. The van der Waals surface area contributed by atoms with Gasteiger partial charge in [-0.25, -0.2) is 18.2 Å². The zero-order chi connectivity index (χ0) is 19.4. The highest BCUT2D eigenvalue weighted by molar-refractivity contribution is 9.10. The van der Waals surface area contributed by atoms with Gasteiger partial charge in [-0.05, 0) is 59.3 Å². The molecule has 0 amide bonds. The molecular weight excluding hydrogens is 434 g/mol. The number of nitrogens with zero attached hydrogens (tertiary/aromatic N) is 3. The van der Waals surface area contributed by atoms with Crippen molar-refractivity contribution in [3.05, 3.63) is 52.6 Å². The molecule has 1 aliphatic heterocycles. The summed E-state index contributed by atoms with van der Waals surface area (Å²) in [4.78, 5) is 18.3. The van der Waals surface area contributed by atoms with Gasteiger partial charge in [-0.1, -0.05) is 0 Å². The third-order valence-corrected chi connectivity index (χ3v) is 6.66. The Morgan fingerprint density at radius 3 is 2.33 bits per heavy atom. The summed E-state index contributed by atoms with van der Waals surface area (Å²) in [6.45, 7) is 3.87. The second-order valence-corrected chi connectivity index (χ2v) is 8.82. The van der Waals surface area contributed by atoms with Gasteiger partial charge in [-0.15, -0.1) is 0 Å². The van der Waals surface area contributed by atoms with E-state index in [2.05, 4.69) is 25.8 Å². The fraction of sp³-hybridized carbons (Fsp3) is 0.333. The number of hydrogen-bond donors (Lipinski definition) is 0. The van der Waals surface area contributed by atoms with Crippen molar-refractivity contribution in [2.75, 3.05) is 37.7 Å². The summed E-state index contributed by atoms with van der Waals surface area (Å²) in [5, 5.41) is 0. The lowest BCUT2D eigenvalue weighted by Crippen LogP contribution is -2.48. The van der Waals surface area contributed by atoms with E-state index in [4.69, 9.17) is 4.74 Å². The molecule has 1 saturated heterocycles. The van der Waals surface area contributed by atoms with E-state index in [1.807, 2.05) is 12.1 Å². The molecule has 1 aliphatic rings. The lowest BCUT2D eigenvalue weighted by atomic mass is 10.2. The Hall–Kier alpha value is -1.97. The summed E-state index contributed by atoms with van der Waals surface area (Å²) in [5.41, 5.74) is 0.335. The molecule has 1 aromatic carbocycles. The van der Waals surface area contributed by atoms with Crippen LogP contribution in [0.5, 0.6) is 0 Å². The van der Waals surface area contributed by atoms with Gasteiger partial charge in [0.15, 0.2) is 0 Å². The number of aromatic nitrogens is 1. The zero-order valence-corrected chi connectivity index (χ0v) is 17.2. The van der Waals surface area contributed by atoms with Crippen molar-refractivity contribution in [3.63, 3.8) is 0 Å². The van der Waals surface area contributed by atoms with Crippen LogP contribution in [0, 0.1) is 0 Å². The normalized spacial score (nSPS) is 15.6. The second-order valence-electron chi connectivity index (χ2n) is 5.97. The number of carbonyl (C=O) groups excluding carboxylic acids is 1. The van der Waals surface area contributed by atoms with Gasteiger partial charge in [0.25, 0.3) is 0 Å². The number of halogens is 1. The molecule has 0 saturated carbocycles. The van der Waals surface area contributed by atoms with Crippen molar-refractivity contribution in [2.45, 2.75) is 11.8 Å². The summed E-state index contributed by atoms with van der Waals surface area (Å²) >= 11 is 3.36. The van der Waals surface area contributed by atoms with E-state index < -0.39 is 16.0 Å². The number of rotatable bonds is 5. The van der Waals surface area contributed by atoms with Crippen molar-refractivity contribution in [1.82, 2.24) is 9.29 Å². The van der Waals surface area contributed by atoms with E-state index in [-0.39, 0.29) is 11.5 Å². The summed E-state index contributed by atoms with van der Waals surface area (Å²) in [7, 11) is -3.60. The van der Waals surface area contributed by atoms with E-state index in [1.165, 1.54) is 28.6 Å². The van der Waals surface area contributed by atoms with Crippen LogP contribution in [0.2, 0.25) is 0 Å². The third-order valence-electron chi connectivity index (χ3n) is 4.28. The van der Waals surface area contributed by atoms with Crippen LogP contribution in [0.3, 0.4) is 0 Å². The summed E-state index contributed by atoms with van der Waals surface area (Å²) in [5.74, 6) is 0.367. The highest BCUT2D eigenvalue weighted by atomic mass is 79.9. The molecule has 0 bridgehead atoms. The van der Waals surface area contributed by atoms with Crippen molar-refractivity contribution in [3.8, 4) is 0 Å². The fourth-order valence-electron chi connectivity index (χ4n) is 2.84. The number of hydrogen-bond acceptors (Lipinski definition) is 6. The number of ether oxygens (including phenoxy) is 1. The van der Waals surface area contributed by atoms with Crippen LogP contribution >= 0.6 is 15.9 Å². The Kier molecular flexibility index (Phi) is 6.13. The molecule has 2 aromatic rings. The van der Waals surface area contributed by atoms with Crippen LogP contribution < -0.4 is 4.90 Å². The highest BCUT2D eigenvalue weighted by Gasteiger charge is 2.29. The first-order valence-electron chi connectivity index (χ1n) is 8.55. The van der Waals surface area contributed by atoms with Crippen LogP contribution in [-0.2, 0) is 14.8 Å². The van der Waals surface area contributed by atoms with Crippen molar-refractivity contribution < 1.29 is 17.9 Å². The van der Waals surface area contributed by atoms with E-state index >= 15 is 0 Å². The molecule has 7 nitrogen and oxygen atoms in total. The van der Waals surface area contributed by atoms with Crippen LogP contribution in [0.25, 0.3) is 0 Å². The fourth-order valence-corrected chi connectivity index (χ4v) is 4.50. The predicted octanol–water partition coefficient (Wildman–Crippen LogP) is 2.53. The molecule has 0 N–H and O–H groups in total. The van der Waals surface area contributed by atoms with Crippen molar-refractivity contribution in [1.29, 1.82) is 0 Å². The number of esters is 1. The van der Waals surface area contributed by atoms with E-state index in [0.717, 1.165) is 10.3 Å². The second kappa shape index (κ2) is 8.37. The van der Waals surface area contributed by atoms with Gasteiger partial charge in [-0.2, -0.15) is 4.31 Å². The van der Waals surface area contributed by atoms with Crippen molar-refractivity contribution in [2.24, 2.45) is 0 Å². The maximum atomic E-state index is 12.9. The molecular formula is C18H20BrN3O4S. The number of anilines is 1. The first-order valence-corrected chi connectivity index (χ1v) is 10.8. The van der Waals surface area contributed by atoms with E-state index in [9.17, 15) is 13.2 Å². The molecule has 0 aliphatic carbocycles. The van der Waals surface area contributed by atoms with E-state index in [0.29, 0.717) is 31.7 Å². The van der Waals surface area contributed by atoms with Gasteiger partial charge in [0, 0.05) is 36.8 Å². The standard InChI is InChI=1S/C18H20BrN3O4S/c1-2-26-18(23)14-3-6-16(7-4-14)27(24,25)22-11-9-21(10-12-22)17-8-5-15(19)13-20-17/h3-8,13H,2,9-12H2,1H3. The Bertz CT molecular complexity index is 893. The number of sulfonamides is 1. The number of pyridine rings is 1. The molecule has 0 unspecified atom stereocenters. The predicted molar refractivity (Wildman–Crippen MR) is 105 cm³/mol. The van der Waals surface area contributed by atoms with Gasteiger partial charge < -0.3 is 9.64 Å². The Morgan fingerprint density at radius 1 is 1.11 bits per heavy atom. The smallest absolute Gasteiger partial charge is 0.338 e. The first kappa shape index (κ1) is 19.8. The first-order chi connectivity index (χ1) is 12.9. The summed E-state index contributed by atoms with van der Waals surface area (Å²) in [6.07, 6.45) is 1.73. The van der Waals surface area contributed by atoms with Crippen LogP contribution in [0.1, 0.15) is 17.3 Å². The van der Waals surface area contributed by atoms with Crippen molar-refractivity contribution >= 4 is 37.7 Å². The molecule has 3 rings (SSSR count). The minimum absolute atomic E-state index is 0.172. The average Bonchev–Trinajstić information content (AvgIpc) is 2.69. The minimum atomic E-state index is -3.60. The molecule has 144 valence electrons. The molecule has 0 radical (unpaired) electrons. The monoisotopic (exact) mass is 453 g/mol. The maximum Gasteiger partial charge on any atom is 0.338 e. The SMILES string of the molecule is CCOC(=O)c1ccc(S(=O)(=O)N2CCN(c3ccc(Br)cn3)CC2)cc1. The molecule has 27 heavy (non-hydrogen) atoms. The molecule has 0 spiro atoms. The average molecular weight is 454 g/mol. The van der Waals surface area contributed by atoms with Crippen LogP contribution in [0.4, 0.5) is 5.82 Å². The summed E-state index contributed by atoms with van der Waals surface area (Å²) in [6, 6.07) is 9.67. The Morgan fingerprint density at radius 2 is 1.78 bits per heavy atom. The number of carbonyl (C=O) groups is 1. The largest absolute Gasteiger partial charge is 0.462 e. The zero-order valence-electron chi connectivity index (χ0n) is 14.8. The highest BCUT2D eigenvalue weighted by Crippen LogP contribution is 2.21. The van der Waals surface area contributed by atoms with E-state index in [1.54, 1.807) is 13.1 Å². The quantitative estimate of drug-likeness (QED) is 0.647. The van der Waals surface area contributed by atoms with Gasteiger partial charge in [0.2, 0.25) is 10.0 Å². The third kappa shape index (κ3) is 4.48. The molecule has 9 heteroatoms. The molecule has 1 aromatic heterocycles. The maximum absolute atomic E-state index is 12.9. The van der Waals surface area contributed by atoms with Gasteiger partial charge >= 0.3 is 5.97 Å². The Labute approximate surface area is 167 Å². The van der Waals surface area contributed by atoms with Crippen LogP contribution in [0.15, 0.2) is 52.0 Å². The number of benzene rings is 1. The van der Waals surface area contributed by atoms with Gasteiger partial charge in [0.05, 0.1) is 17.1 Å². The lowest BCUT2D eigenvalue weighted by molar-refractivity contribution is 0.0526. The minimum Gasteiger partial charge on any atom is -0.462 e. The van der Waals surface area contributed by atoms with Crippen LogP contribution in [-0.4, -0.2) is 56.5 Å². The number of piperazine rings is 1. The molecule has 0 atom stereocenters. The van der Waals surface area contributed by atoms with Gasteiger partial charge in [-0.3, -0.25) is 0 Å².